The van der Waals surface area contributed by atoms with Crippen LogP contribution in [0.15, 0.2) is 36.4 Å². The molecule has 22 heavy (non-hydrogen) atoms. The first-order chi connectivity index (χ1) is 10.2. The van der Waals surface area contributed by atoms with Gasteiger partial charge in [-0.15, -0.1) is 0 Å². The van der Waals surface area contributed by atoms with Crippen LogP contribution in [0.2, 0.25) is 0 Å². The number of ether oxygens (including phenoxy) is 1. The lowest BCUT2D eigenvalue weighted by Crippen LogP contribution is -2.05. The SMILES string of the molecule is Cc1cc(C(F)(F)F)ccc1Oc1ccc([N+](=O)[O-])c(C)c1. The van der Waals surface area contributed by atoms with Crippen molar-refractivity contribution in [3.8, 4) is 11.5 Å². The van der Waals surface area contributed by atoms with Crippen molar-refractivity contribution in [3.63, 3.8) is 0 Å². The smallest absolute Gasteiger partial charge is 0.416 e. The highest BCUT2D eigenvalue weighted by molar-refractivity contribution is 5.47. The topological polar surface area (TPSA) is 52.4 Å². The zero-order valence-corrected chi connectivity index (χ0v) is 11.8. The highest BCUT2D eigenvalue weighted by Crippen LogP contribution is 2.34. The van der Waals surface area contributed by atoms with Crippen LogP contribution in [-0.4, -0.2) is 4.92 Å². The maximum atomic E-state index is 12.6. The average Bonchev–Trinajstić information content (AvgIpc) is 2.39. The average molecular weight is 311 g/mol. The van der Waals surface area contributed by atoms with E-state index in [9.17, 15) is 23.3 Å². The predicted molar refractivity (Wildman–Crippen MR) is 74.1 cm³/mol. The summed E-state index contributed by atoms with van der Waals surface area (Å²) in [5, 5.41) is 10.7. The Labute approximate surface area is 124 Å². The van der Waals surface area contributed by atoms with Gasteiger partial charge < -0.3 is 4.74 Å². The molecule has 2 rings (SSSR count). The first-order valence-electron chi connectivity index (χ1n) is 6.29. The molecule has 0 fully saturated rings. The zero-order valence-electron chi connectivity index (χ0n) is 11.8. The van der Waals surface area contributed by atoms with Crippen LogP contribution in [-0.2, 0) is 6.18 Å². The first-order valence-corrected chi connectivity index (χ1v) is 6.29. The third-order valence-electron chi connectivity index (χ3n) is 3.10. The van der Waals surface area contributed by atoms with Crippen molar-refractivity contribution < 1.29 is 22.8 Å². The molecular weight excluding hydrogens is 299 g/mol. The molecule has 0 aromatic heterocycles. The van der Waals surface area contributed by atoms with Crippen molar-refractivity contribution in [2.45, 2.75) is 20.0 Å². The second-order valence-corrected chi connectivity index (χ2v) is 4.79. The van der Waals surface area contributed by atoms with Gasteiger partial charge in [0.05, 0.1) is 10.5 Å². The van der Waals surface area contributed by atoms with E-state index in [1.54, 1.807) is 6.92 Å². The lowest BCUT2D eigenvalue weighted by molar-refractivity contribution is -0.385. The van der Waals surface area contributed by atoms with Crippen molar-refractivity contribution in [3.05, 3.63) is 63.2 Å². The number of aryl methyl sites for hydroxylation is 2. The van der Waals surface area contributed by atoms with E-state index in [0.717, 1.165) is 12.1 Å². The molecule has 2 aromatic rings. The molecule has 0 unspecified atom stereocenters. The first kappa shape index (κ1) is 15.8. The summed E-state index contributed by atoms with van der Waals surface area (Å²) in [6.07, 6.45) is -4.41. The summed E-state index contributed by atoms with van der Waals surface area (Å²) < 4.78 is 43.3. The normalized spacial score (nSPS) is 11.3. The van der Waals surface area contributed by atoms with Crippen LogP contribution in [0.25, 0.3) is 0 Å². The molecule has 0 N–H and O–H groups in total. The van der Waals surface area contributed by atoms with Crippen molar-refractivity contribution in [2.24, 2.45) is 0 Å². The molecular formula is C15H12F3NO3. The van der Waals surface area contributed by atoms with Gasteiger partial charge in [-0.3, -0.25) is 10.1 Å². The number of rotatable bonds is 3. The summed E-state index contributed by atoms with van der Waals surface area (Å²) in [5.74, 6) is 0.590. The largest absolute Gasteiger partial charge is 0.457 e. The molecule has 0 spiro atoms. The Bertz CT molecular complexity index is 726. The Morgan fingerprint density at radius 1 is 1.05 bits per heavy atom. The van der Waals surface area contributed by atoms with Crippen LogP contribution in [0.3, 0.4) is 0 Å². The second kappa shape index (κ2) is 5.67. The van der Waals surface area contributed by atoms with E-state index in [1.807, 2.05) is 0 Å². The maximum absolute atomic E-state index is 12.6. The van der Waals surface area contributed by atoms with Gasteiger partial charge in [0.25, 0.3) is 5.69 Å². The molecule has 0 aliphatic carbocycles. The monoisotopic (exact) mass is 311 g/mol. The molecule has 0 amide bonds. The number of nitro benzene ring substituents is 1. The standard InChI is InChI=1S/C15H12F3NO3/c1-9-8-12(4-5-13(9)19(20)21)22-14-6-3-11(7-10(14)2)15(16,17)18/h3-8H,1-2H3. The van der Waals surface area contributed by atoms with E-state index in [1.165, 1.54) is 31.2 Å². The number of halogens is 3. The summed E-state index contributed by atoms with van der Waals surface area (Å²) in [6, 6.07) is 7.32. The molecule has 0 aliphatic heterocycles. The molecule has 0 radical (unpaired) electrons. The van der Waals surface area contributed by atoms with Crippen LogP contribution in [0, 0.1) is 24.0 Å². The van der Waals surface area contributed by atoms with E-state index >= 15 is 0 Å². The third kappa shape index (κ3) is 3.36. The van der Waals surface area contributed by atoms with Crippen LogP contribution < -0.4 is 4.74 Å². The molecule has 0 saturated carbocycles. The summed E-state index contributed by atoms with van der Waals surface area (Å²) >= 11 is 0. The fraction of sp³-hybridized carbons (Fsp3) is 0.200. The van der Waals surface area contributed by atoms with Gasteiger partial charge in [-0.25, -0.2) is 0 Å². The number of nitro groups is 1. The third-order valence-corrected chi connectivity index (χ3v) is 3.10. The van der Waals surface area contributed by atoms with Crippen LogP contribution in [0.5, 0.6) is 11.5 Å². The number of nitrogens with zero attached hydrogens (tertiary/aromatic N) is 1. The summed E-state index contributed by atoms with van der Waals surface area (Å²) in [7, 11) is 0. The summed E-state index contributed by atoms with van der Waals surface area (Å²) in [4.78, 5) is 10.2. The van der Waals surface area contributed by atoms with Crippen LogP contribution in [0.4, 0.5) is 18.9 Å². The minimum Gasteiger partial charge on any atom is -0.457 e. The lowest BCUT2D eigenvalue weighted by atomic mass is 10.1. The number of benzene rings is 2. The summed E-state index contributed by atoms with van der Waals surface area (Å²) in [6.45, 7) is 3.06. The molecule has 0 saturated heterocycles. The van der Waals surface area contributed by atoms with E-state index in [-0.39, 0.29) is 11.4 Å². The van der Waals surface area contributed by atoms with Gasteiger partial charge in [-0.1, -0.05) is 0 Å². The molecule has 0 bridgehead atoms. The lowest BCUT2D eigenvalue weighted by Gasteiger charge is -2.12. The molecule has 7 heteroatoms. The quantitative estimate of drug-likeness (QED) is 0.590. The number of hydrogen-bond donors (Lipinski definition) is 0. The van der Waals surface area contributed by atoms with Gasteiger partial charge in [-0.2, -0.15) is 13.2 Å². The predicted octanol–water partition coefficient (Wildman–Crippen LogP) is 5.02. The Kier molecular flexibility index (Phi) is 4.07. The number of alkyl halides is 3. The Hall–Kier alpha value is -2.57. The fourth-order valence-corrected chi connectivity index (χ4v) is 1.96. The minimum absolute atomic E-state index is 0.0449. The second-order valence-electron chi connectivity index (χ2n) is 4.79. The molecule has 116 valence electrons. The van der Waals surface area contributed by atoms with E-state index in [0.29, 0.717) is 16.9 Å². The van der Waals surface area contributed by atoms with Crippen molar-refractivity contribution in [1.29, 1.82) is 0 Å². The highest BCUT2D eigenvalue weighted by atomic mass is 19.4. The Balaban J connectivity index is 2.28. The molecule has 4 nitrogen and oxygen atoms in total. The minimum atomic E-state index is -4.41. The van der Waals surface area contributed by atoms with Crippen molar-refractivity contribution in [2.75, 3.05) is 0 Å². The van der Waals surface area contributed by atoms with E-state index < -0.39 is 16.7 Å². The van der Waals surface area contributed by atoms with E-state index in [2.05, 4.69) is 0 Å². The van der Waals surface area contributed by atoms with Gasteiger partial charge >= 0.3 is 6.18 Å². The molecule has 0 aliphatic rings. The number of hydrogen-bond acceptors (Lipinski definition) is 3. The van der Waals surface area contributed by atoms with Gasteiger partial charge in [0.1, 0.15) is 11.5 Å². The van der Waals surface area contributed by atoms with Crippen molar-refractivity contribution in [1.82, 2.24) is 0 Å². The van der Waals surface area contributed by atoms with Crippen LogP contribution >= 0.6 is 0 Å². The fourth-order valence-electron chi connectivity index (χ4n) is 1.96. The summed E-state index contributed by atoms with van der Waals surface area (Å²) in [5.41, 5.74) is -0.0633. The zero-order chi connectivity index (χ0) is 16.5. The van der Waals surface area contributed by atoms with Gasteiger partial charge in [0, 0.05) is 11.6 Å². The Morgan fingerprint density at radius 2 is 1.73 bits per heavy atom. The van der Waals surface area contributed by atoms with E-state index in [4.69, 9.17) is 4.74 Å². The van der Waals surface area contributed by atoms with Gasteiger partial charge in [-0.05, 0) is 49.7 Å². The Morgan fingerprint density at radius 3 is 2.23 bits per heavy atom. The van der Waals surface area contributed by atoms with Gasteiger partial charge in [0.15, 0.2) is 0 Å². The molecule has 0 heterocycles. The van der Waals surface area contributed by atoms with Crippen molar-refractivity contribution >= 4 is 5.69 Å². The maximum Gasteiger partial charge on any atom is 0.416 e. The molecule has 2 aromatic carbocycles. The van der Waals surface area contributed by atoms with Crippen LogP contribution in [0.1, 0.15) is 16.7 Å². The van der Waals surface area contributed by atoms with Gasteiger partial charge in [0.2, 0.25) is 0 Å². The highest BCUT2D eigenvalue weighted by Gasteiger charge is 2.30. The molecule has 0 atom stereocenters.